The van der Waals surface area contributed by atoms with Crippen LogP contribution in [0.4, 0.5) is 5.69 Å². The Morgan fingerprint density at radius 3 is 2.61 bits per heavy atom. The summed E-state index contributed by atoms with van der Waals surface area (Å²) in [5.41, 5.74) is -0.0134. The molecule has 1 aliphatic rings. The number of anilines is 1. The zero-order valence-electron chi connectivity index (χ0n) is 10.2. The monoisotopic (exact) mass is 313 g/mol. The summed E-state index contributed by atoms with van der Waals surface area (Å²) in [7, 11) is 1.60. The van der Waals surface area contributed by atoms with Crippen molar-refractivity contribution < 1.29 is 14.6 Å². The third-order valence-electron chi connectivity index (χ3n) is 3.40. The number of carboxylic acids is 1. The molecule has 0 spiro atoms. The van der Waals surface area contributed by atoms with Crippen LogP contribution in [0.1, 0.15) is 25.7 Å². The summed E-state index contributed by atoms with van der Waals surface area (Å²) in [6.45, 7) is 0. The average Bonchev–Trinajstić information content (AvgIpc) is 2.79. The van der Waals surface area contributed by atoms with E-state index in [9.17, 15) is 9.90 Å². The highest BCUT2D eigenvalue weighted by Crippen LogP contribution is 2.35. The molecule has 0 heterocycles. The average molecular weight is 314 g/mol. The van der Waals surface area contributed by atoms with Crippen LogP contribution < -0.4 is 10.1 Å². The number of methoxy groups -OCH3 is 1. The van der Waals surface area contributed by atoms with Crippen LogP contribution in [-0.4, -0.2) is 23.7 Å². The first-order chi connectivity index (χ1) is 8.57. The highest BCUT2D eigenvalue weighted by molar-refractivity contribution is 9.10. The number of aliphatic carboxylic acids is 1. The number of ether oxygens (including phenoxy) is 1. The van der Waals surface area contributed by atoms with Crippen LogP contribution in [0.25, 0.3) is 0 Å². The van der Waals surface area contributed by atoms with Gasteiger partial charge in [-0.1, -0.05) is 12.8 Å². The third kappa shape index (κ3) is 2.46. The Morgan fingerprint density at radius 1 is 1.44 bits per heavy atom. The van der Waals surface area contributed by atoms with Gasteiger partial charge in [-0.2, -0.15) is 0 Å². The molecular weight excluding hydrogens is 298 g/mol. The van der Waals surface area contributed by atoms with Crippen LogP contribution in [0.2, 0.25) is 0 Å². The molecule has 5 heteroatoms. The molecule has 0 aliphatic heterocycles. The van der Waals surface area contributed by atoms with Crippen molar-refractivity contribution >= 4 is 27.6 Å². The fourth-order valence-electron chi connectivity index (χ4n) is 2.39. The normalized spacial score (nSPS) is 17.4. The van der Waals surface area contributed by atoms with Crippen molar-refractivity contribution in [2.75, 3.05) is 12.4 Å². The quantitative estimate of drug-likeness (QED) is 0.895. The zero-order valence-corrected chi connectivity index (χ0v) is 11.8. The van der Waals surface area contributed by atoms with Crippen molar-refractivity contribution in [3.63, 3.8) is 0 Å². The Balaban J connectivity index is 2.22. The van der Waals surface area contributed by atoms with E-state index in [4.69, 9.17) is 4.74 Å². The molecule has 2 N–H and O–H groups in total. The Morgan fingerprint density at radius 2 is 2.11 bits per heavy atom. The number of benzene rings is 1. The van der Waals surface area contributed by atoms with E-state index in [1.165, 1.54) is 0 Å². The largest absolute Gasteiger partial charge is 0.496 e. The van der Waals surface area contributed by atoms with Gasteiger partial charge in [0.2, 0.25) is 0 Å². The highest BCUT2D eigenvalue weighted by atomic mass is 79.9. The summed E-state index contributed by atoms with van der Waals surface area (Å²) in [5, 5.41) is 12.6. The maximum absolute atomic E-state index is 11.4. The fraction of sp³-hybridized carbons (Fsp3) is 0.462. The number of halogens is 1. The van der Waals surface area contributed by atoms with Crippen molar-refractivity contribution in [1.29, 1.82) is 0 Å². The molecule has 1 aromatic carbocycles. The molecule has 0 unspecified atom stereocenters. The first-order valence-corrected chi connectivity index (χ1v) is 6.72. The number of hydrogen-bond donors (Lipinski definition) is 2. The van der Waals surface area contributed by atoms with Gasteiger partial charge in [-0.15, -0.1) is 0 Å². The summed E-state index contributed by atoms with van der Waals surface area (Å²) in [6, 6.07) is 5.51. The summed E-state index contributed by atoms with van der Waals surface area (Å²) in [5.74, 6) is -0.0386. The molecule has 0 bridgehead atoms. The summed E-state index contributed by atoms with van der Waals surface area (Å²) in [6.07, 6.45) is 3.26. The van der Waals surface area contributed by atoms with E-state index in [0.29, 0.717) is 12.8 Å². The lowest BCUT2D eigenvalue weighted by Gasteiger charge is -2.26. The molecule has 0 radical (unpaired) electrons. The molecule has 4 nitrogen and oxygen atoms in total. The molecule has 2 rings (SSSR count). The Bertz CT molecular complexity index is 456. The van der Waals surface area contributed by atoms with Crippen molar-refractivity contribution in [2.24, 2.45) is 0 Å². The van der Waals surface area contributed by atoms with Gasteiger partial charge in [-0.05, 0) is 47.0 Å². The minimum Gasteiger partial charge on any atom is -0.496 e. The lowest BCUT2D eigenvalue weighted by Crippen LogP contribution is -2.43. The van der Waals surface area contributed by atoms with E-state index in [-0.39, 0.29) is 0 Å². The molecule has 0 aromatic heterocycles. The van der Waals surface area contributed by atoms with E-state index in [2.05, 4.69) is 21.2 Å². The lowest BCUT2D eigenvalue weighted by atomic mass is 9.97. The van der Waals surface area contributed by atoms with Crippen LogP contribution in [0.5, 0.6) is 5.75 Å². The van der Waals surface area contributed by atoms with Gasteiger partial charge in [-0.25, -0.2) is 4.79 Å². The van der Waals surface area contributed by atoms with Crippen LogP contribution >= 0.6 is 15.9 Å². The van der Waals surface area contributed by atoms with Gasteiger partial charge < -0.3 is 15.2 Å². The van der Waals surface area contributed by atoms with Gasteiger partial charge in [0, 0.05) is 5.69 Å². The highest BCUT2D eigenvalue weighted by Gasteiger charge is 2.41. The summed E-state index contributed by atoms with van der Waals surface area (Å²) in [4.78, 5) is 11.4. The standard InChI is InChI=1S/C13H16BrNO3/c1-18-11-5-4-9(8-10(11)14)15-13(12(16)17)6-2-3-7-13/h4-5,8,15H,2-3,6-7H2,1H3,(H,16,17). The lowest BCUT2D eigenvalue weighted by molar-refractivity contribution is -0.142. The third-order valence-corrected chi connectivity index (χ3v) is 4.02. The second kappa shape index (κ2) is 5.18. The van der Waals surface area contributed by atoms with Crippen molar-refractivity contribution in [1.82, 2.24) is 0 Å². The maximum Gasteiger partial charge on any atom is 0.329 e. The predicted octanol–water partition coefficient (Wildman–Crippen LogP) is 3.27. The van der Waals surface area contributed by atoms with Gasteiger partial charge in [0.05, 0.1) is 11.6 Å². The Hall–Kier alpha value is -1.23. The van der Waals surface area contributed by atoms with Crippen LogP contribution in [0.3, 0.4) is 0 Å². The second-order valence-corrected chi connectivity index (χ2v) is 5.42. The SMILES string of the molecule is COc1ccc(NC2(C(=O)O)CCCC2)cc1Br. The van der Waals surface area contributed by atoms with Gasteiger partial charge >= 0.3 is 5.97 Å². The molecule has 1 aliphatic carbocycles. The molecule has 1 saturated carbocycles. The topological polar surface area (TPSA) is 58.6 Å². The summed E-state index contributed by atoms with van der Waals surface area (Å²) < 4.78 is 5.97. The van der Waals surface area contributed by atoms with Gasteiger partial charge in [0.1, 0.15) is 11.3 Å². The van der Waals surface area contributed by atoms with E-state index >= 15 is 0 Å². The first kappa shape index (κ1) is 13.2. The van der Waals surface area contributed by atoms with Gasteiger partial charge in [-0.3, -0.25) is 0 Å². The molecule has 0 atom stereocenters. The molecule has 1 fully saturated rings. The summed E-state index contributed by atoms with van der Waals surface area (Å²) >= 11 is 3.40. The van der Waals surface area contributed by atoms with Gasteiger partial charge in [0.15, 0.2) is 0 Å². The van der Waals surface area contributed by atoms with E-state index in [1.807, 2.05) is 18.2 Å². The number of rotatable bonds is 4. The minimum atomic E-state index is -0.811. The Kier molecular flexibility index (Phi) is 3.80. The van der Waals surface area contributed by atoms with Crippen molar-refractivity contribution in [2.45, 2.75) is 31.2 Å². The van der Waals surface area contributed by atoms with E-state index in [0.717, 1.165) is 28.8 Å². The molecular formula is C13H16BrNO3. The van der Waals surface area contributed by atoms with Crippen LogP contribution in [-0.2, 0) is 4.79 Å². The minimum absolute atomic E-state index is 0.673. The predicted molar refractivity (Wildman–Crippen MR) is 73.2 cm³/mol. The van der Waals surface area contributed by atoms with Crippen LogP contribution in [0.15, 0.2) is 22.7 Å². The number of hydrogen-bond acceptors (Lipinski definition) is 3. The molecule has 0 saturated heterocycles. The van der Waals surface area contributed by atoms with Crippen molar-refractivity contribution in [3.8, 4) is 5.75 Å². The second-order valence-electron chi connectivity index (χ2n) is 4.57. The molecule has 0 amide bonds. The van der Waals surface area contributed by atoms with E-state index < -0.39 is 11.5 Å². The molecule has 98 valence electrons. The zero-order chi connectivity index (χ0) is 13.2. The van der Waals surface area contributed by atoms with E-state index in [1.54, 1.807) is 7.11 Å². The number of carboxylic acid groups (broad SMARTS) is 1. The van der Waals surface area contributed by atoms with Gasteiger partial charge in [0.25, 0.3) is 0 Å². The van der Waals surface area contributed by atoms with Crippen LogP contribution in [0, 0.1) is 0 Å². The maximum atomic E-state index is 11.4. The smallest absolute Gasteiger partial charge is 0.329 e. The Labute approximate surface area is 114 Å². The molecule has 18 heavy (non-hydrogen) atoms. The number of carbonyl (C=O) groups is 1. The van der Waals surface area contributed by atoms with Crippen molar-refractivity contribution in [3.05, 3.63) is 22.7 Å². The first-order valence-electron chi connectivity index (χ1n) is 5.92. The molecule has 1 aromatic rings. The number of nitrogens with one attached hydrogen (secondary N) is 1. The fourth-order valence-corrected chi connectivity index (χ4v) is 2.93.